The zero-order chi connectivity index (χ0) is 37.5. The average Bonchev–Trinajstić information content (AvgIpc) is 3.85. The Morgan fingerprint density at radius 1 is 0.281 bits per heavy atom. The molecule has 0 spiro atoms. The minimum Gasteiger partial charge on any atom is -0.456 e. The molecule has 266 valence electrons. The summed E-state index contributed by atoms with van der Waals surface area (Å²) in [4.78, 5) is 2.39. The van der Waals surface area contributed by atoms with Crippen LogP contribution in [0.1, 0.15) is 0 Å². The first-order valence-electron chi connectivity index (χ1n) is 19.4. The van der Waals surface area contributed by atoms with Crippen LogP contribution in [-0.2, 0) is 0 Å². The van der Waals surface area contributed by atoms with Gasteiger partial charge in [-0.1, -0.05) is 127 Å². The number of para-hydroxylation sites is 1. The van der Waals surface area contributed by atoms with Gasteiger partial charge in [0.2, 0.25) is 0 Å². The molecule has 0 N–H and O–H groups in total. The normalized spacial score (nSPS) is 11.9. The van der Waals surface area contributed by atoms with E-state index in [-0.39, 0.29) is 0 Å². The van der Waals surface area contributed by atoms with Gasteiger partial charge in [0.25, 0.3) is 0 Å². The number of furan rings is 1. The Hall–Kier alpha value is -7.20. The van der Waals surface area contributed by atoms with E-state index in [4.69, 9.17) is 4.42 Å². The monoisotopic (exact) mass is 743 g/mol. The first kappa shape index (κ1) is 32.1. The molecule has 0 saturated heterocycles. The maximum absolute atomic E-state index is 6.14. The van der Waals surface area contributed by atoms with E-state index < -0.39 is 0 Å². The molecule has 2 aromatic heterocycles. The van der Waals surface area contributed by atoms with Gasteiger partial charge in [-0.05, 0) is 127 Å². The molecule has 2 nitrogen and oxygen atoms in total. The fourth-order valence-corrected chi connectivity index (χ4v) is 9.99. The van der Waals surface area contributed by atoms with E-state index in [0.717, 1.165) is 50.1 Å². The van der Waals surface area contributed by atoms with Gasteiger partial charge in [-0.3, -0.25) is 0 Å². The van der Waals surface area contributed by atoms with E-state index in [1.165, 1.54) is 63.6 Å². The Morgan fingerprint density at radius 3 is 1.40 bits per heavy atom. The highest BCUT2D eigenvalue weighted by Crippen LogP contribution is 2.43. The summed E-state index contributed by atoms with van der Waals surface area (Å²) in [5.41, 5.74) is 9.88. The zero-order valence-electron chi connectivity index (χ0n) is 30.8. The SMILES string of the molecule is c1ccc2c(c1)oc1ccc(-c3ccc(N(c4ccc(-c5ccc6sc7ccccc7c6c5)cc4)c4ccc5c6ccccc6c6ccccc6c5c4)cc3)cc12. The Kier molecular flexibility index (Phi) is 7.13. The van der Waals surface area contributed by atoms with Crippen LogP contribution in [0.2, 0.25) is 0 Å². The van der Waals surface area contributed by atoms with Crippen molar-refractivity contribution in [3.63, 3.8) is 0 Å². The van der Waals surface area contributed by atoms with E-state index in [0.29, 0.717) is 0 Å². The topological polar surface area (TPSA) is 16.4 Å². The minimum atomic E-state index is 0.909. The van der Waals surface area contributed by atoms with Crippen LogP contribution in [0.3, 0.4) is 0 Å². The summed E-state index contributed by atoms with van der Waals surface area (Å²) in [6.07, 6.45) is 0. The molecule has 3 heteroatoms. The molecule has 0 aliphatic carbocycles. The summed E-state index contributed by atoms with van der Waals surface area (Å²) in [6.45, 7) is 0. The first-order valence-corrected chi connectivity index (χ1v) is 20.2. The molecule has 12 rings (SSSR count). The van der Waals surface area contributed by atoms with Crippen molar-refractivity contribution < 1.29 is 4.42 Å². The predicted octanol–water partition coefficient (Wildman–Crippen LogP) is 16.2. The van der Waals surface area contributed by atoms with Crippen LogP contribution in [0.15, 0.2) is 205 Å². The van der Waals surface area contributed by atoms with Crippen LogP contribution < -0.4 is 4.90 Å². The summed E-state index contributed by atoms with van der Waals surface area (Å²) in [5, 5.41) is 12.5. The maximum Gasteiger partial charge on any atom is 0.135 e. The van der Waals surface area contributed by atoms with Crippen molar-refractivity contribution in [3.8, 4) is 22.3 Å². The lowest BCUT2D eigenvalue weighted by Gasteiger charge is -2.26. The van der Waals surface area contributed by atoms with Gasteiger partial charge in [0.05, 0.1) is 0 Å². The number of anilines is 3. The van der Waals surface area contributed by atoms with Crippen LogP contribution in [0.5, 0.6) is 0 Å². The lowest BCUT2D eigenvalue weighted by atomic mass is 9.94. The van der Waals surface area contributed by atoms with Crippen molar-refractivity contribution in [2.45, 2.75) is 0 Å². The summed E-state index contributed by atoms with van der Waals surface area (Å²) < 4.78 is 8.78. The third-order valence-corrected chi connectivity index (χ3v) is 12.8. The second-order valence-corrected chi connectivity index (χ2v) is 16.0. The highest BCUT2D eigenvalue weighted by atomic mass is 32.1. The number of hydrogen-bond acceptors (Lipinski definition) is 3. The number of rotatable bonds is 5. The molecule has 57 heavy (non-hydrogen) atoms. The zero-order valence-corrected chi connectivity index (χ0v) is 31.6. The van der Waals surface area contributed by atoms with Gasteiger partial charge in [-0.2, -0.15) is 0 Å². The second kappa shape index (κ2) is 12.7. The Labute approximate surface area is 333 Å². The predicted molar refractivity (Wildman–Crippen MR) is 245 cm³/mol. The molecule has 0 unspecified atom stereocenters. The third-order valence-electron chi connectivity index (χ3n) is 11.7. The summed E-state index contributed by atoms with van der Waals surface area (Å²) in [6, 6.07) is 72.9. The van der Waals surface area contributed by atoms with E-state index in [9.17, 15) is 0 Å². The van der Waals surface area contributed by atoms with Gasteiger partial charge < -0.3 is 9.32 Å². The summed E-state index contributed by atoms with van der Waals surface area (Å²) in [7, 11) is 0. The fraction of sp³-hybridized carbons (Fsp3) is 0. The van der Waals surface area contributed by atoms with Gasteiger partial charge in [-0.15, -0.1) is 11.3 Å². The molecule has 0 aliphatic rings. The van der Waals surface area contributed by atoms with Crippen LogP contribution in [0, 0.1) is 0 Å². The molecule has 0 atom stereocenters. The Morgan fingerprint density at radius 2 is 0.737 bits per heavy atom. The lowest BCUT2D eigenvalue weighted by Crippen LogP contribution is -2.10. The number of nitrogens with zero attached hydrogens (tertiary/aromatic N) is 1. The highest BCUT2D eigenvalue weighted by molar-refractivity contribution is 7.25. The van der Waals surface area contributed by atoms with Crippen LogP contribution >= 0.6 is 11.3 Å². The lowest BCUT2D eigenvalue weighted by molar-refractivity contribution is 0.669. The average molecular weight is 744 g/mol. The van der Waals surface area contributed by atoms with E-state index in [2.05, 4.69) is 193 Å². The summed E-state index contributed by atoms with van der Waals surface area (Å²) in [5.74, 6) is 0. The first-order chi connectivity index (χ1) is 28.2. The molecule has 10 aromatic carbocycles. The largest absolute Gasteiger partial charge is 0.456 e. The van der Waals surface area contributed by atoms with Crippen molar-refractivity contribution in [2.24, 2.45) is 0 Å². The maximum atomic E-state index is 6.14. The van der Waals surface area contributed by atoms with Gasteiger partial charge in [0.15, 0.2) is 0 Å². The fourth-order valence-electron chi connectivity index (χ4n) is 8.90. The number of benzene rings is 10. The van der Waals surface area contributed by atoms with Crippen molar-refractivity contribution in [1.82, 2.24) is 0 Å². The summed E-state index contributed by atoms with van der Waals surface area (Å²) >= 11 is 1.86. The molecule has 12 aromatic rings. The standard InChI is InChI=1S/C54H33NOS/c1-2-11-43-41(9-1)42-10-3-4-12-44(42)48-33-40(27-28-45(43)48)55(38-23-17-34(18-24-38)36-21-29-52-49(31-36)46-13-5-7-15-51(46)56-52)39-25-19-35(20-26-39)37-22-30-54-50(32-37)47-14-6-8-16-53(47)57-54/h1-33H. The van der Waals surface area contributed by atoms with E-state index in [1.807, 2.05) is 23.5 Å². The van der Waals surface area contributed by atoms with Gasteiger partial charge in [0.1, 0.15) is 11.2 Å². The van der Waals surface area contributed by atoms with Crippen molar-refractivity contribution >= 4 is 103 Å². The number of thiophene rings is 1. The minimum absolute atomic E-state index is 0.909. The molecular weight excluding hydrogens is 711 g/mol. The van der Waals surface area contributed by atoms with Gasteiger partial charge >= 0.3 is 0 Å². The number of hydrogen-bond donors (Lipinski definition) is 0. The van der Waals surface area contributed by atoms with Crippen LogP contribution in [-0.4, -0.2) is 0 Å². The molecule has 0 amide bonds. The highest BCUT2D eigenvalue weighted by Gasteiger charge is 2.17. The molecular formula is C54H33NOS. The third kappa shape index (κ3) is 5.17. The van der Waals surface area contributed by atoms with Crippen LogP contribution in [0.4, 0.5) is 17.1 Å². The van der Waals surface area contributed by atoms with E-state index >= 15 is 0 Å². The molecule has 2 heterocycles. The van der Waals surface area contributed by atoms with Gasteiger partial charge in [0, 0.05) is 48.0 Å². The quantitative estimate of drug-likeness (QED) is 0.163. The van der Waals surface area contributed by atoms with Crippen molar-refractivity contribution in [3.05, 3.63) is 200 Å². The molecule has 0 radical (unpaired) electrons. The smallest absolute Gasteiger partial charge is 0.135 e. The number of fused-ring (bicyclic) bond motifs is 12. The van der Waals surface area contributed by atoms with Crippen molar-refractivity contribution in [2.75, 3.05) is 4.90 Å². The molecule has 0 bridgehead atoms. The van der Waals surface area contributed by atoms with Gasteiger partial charge in [-0.25, -0.2) is 0 Å². The second-order valence-electron chi connectivity index (χ2n) is 14.9. The Bertz CT molecular complexity index is 3330. The van der Waals surface area contributed by atoms with Crippen LogP contribution in [0.25, 0.3) is 96.7 Å². The van der Waals surface area contributed by atoms with Crippen molar-refractivity contribution in [1.29, 1.82) is 0 Å². The Balaban J connectivity index is 0.995. The molecule has 0 fully saturated rings. The van der Waals surface area contributed by atoms with E-state index in [1.54, 1.807) is 0 Å². The molecule has 0 saturated carbocycles. The molecule has 0 aliphatic heterocycles.